The summed E-state index contributed by atoms with van der Waals surface area (Å²) in [5, 5.41) is 3.44. The van der Waals surface area contributed by atoms with Gasteiger partial charge in [0.15, 0.2) is 5.82 Å². The third kappa shape index (κ3) is 3.14. The van der Waals surface area contributed by atoms with Crippen LogP contribution >= 0.6 is 0 Å². The van der Waals surface area contributed by atoms with Crippen LogP contribution in [0.5, 0.6) is 0 Å². The maximum absolute atomic E-state index is 13.2. The first-order valence-electron chi connectivity index (χ1n) is 5.44. The van der Waals surface area contributed by atoms with Crippen LogP contribution in [0.1, 0.15) is 5.56 Å². The lowest BCUT2D eigenvalue weighted by Crippen LogP contribution is -2.14. The highest BCUT2D eigenvalue weighted by molar-refractivity contribution is 7.92. The van der Waals surface area contributed by atoms with Crippen molar-refractivity contribution in [1.29, 1.82) is 0 Å². The molecule has 104 valence electrons. The number of aromatic nitrogens is 1. The van der Waals surface area contributed by atoms with E-state index in [0.717, 1.165) is 18.2 Å². The molecule has 2 rings (SSSR count). The fourth-order valence-electron chi connectivity index (χ4n) is 1.44. The predicted octanol–water partition coefficient (Wildman–Crippen LogP) is 0.925. The molecule has 0 saturated carbocycles. The van der Waals surface area contributed by atoms with Crippen molar-refractivity contribution in [3.05, 3.63) is 41.9 Å². The Hall–Kier alpha value is -2.37. The van der Waals surface area contributed by atoms with Gasteiger partial charge in [0.1, 0.15) is 17.0 Å². The quantitative estimate of drug-likeness (QED) is 0.821. The molecule has 0 amide bonds. The van der Waals surface area contributed by atoms with Crippen molar-refractivity contribution in [2.45, 2.75) is 4.90 Å². The van der Waals surface area contributed by atoms with Crippen molar-refractivity contribution in [2.24, 2.45) is 5.73 Å². The lowest BCUT2D eigenvalue weighted by Gasteiger charge is -2.07. The molecule has 0 aliphatic heterocycles. The topological polar surface area (TPSA) is 98.2 Å². The zero-order valence-corrected chi connectivity index (χ0v) is 10.9. The highest BCUT2D eigenvalue weighted by atomic mass is 32.2. The minimum Gasteiger partial charge on any atom is -0.363 e. The van der Waals surface area contributed by atoms with Gasteiger partial charge in [0.05, 0.1) is 6.54 Å². The van der Waals surface area contributed by atoms with Crippen LogP contribution in [0.4, 0.5) is 10.2 Å². The van der Waals surface area contributed by atoms with Gasteiger partial charge in [-0.2, -0.15) is 0 Å². The number of nitrogens with two attached hydrogens (primary N) is 1. The van der Waals surface area contributed by atoms with Gasteiger partial charge in [-0.05, 0) is 18.2 Å². The molecule has 1 heterocycles. The highest BCUT2D eigenvalue weighted by Crippen LogP contribution is 2.19. The lowest BCUT2D eigenvalue weighted by atomic mass is 10.2. The van der Waals surface area contributed by atoms with E-state index in [1.165, 1.54) is 12.3 Å². The van der Waals surface area contributed by atoms with Crippen molar-refractivity contribution in [2.75, 3.05) is 11.3 Å². The van der Waals surface area contributed by atoms with E-state index in [4.69, 9.17) is 5.73 Å². The van der Waals surface area contributed by atoms with E-state index < -0.39 is 15.8 Å². The summed E-state index contributed by atoms with van der Waals surface area (Å²) in [7, 11) is -3.94. The molecule has 0 radical (unpaired) electrons. The Morgan fingerprint density at radius 1 is 1.40 bits per heavy atom. The van der Waals surface area contributed by atoms with E-state index in [1.54, 1.807) is 0 Å². The van der Waals surface area contributed by atoms with Crippen LogP contribution < -0.4 is 10.5 Å². The Kier molecular flexibility index (Phi) is 4.02. The first-order chi connectivity index (χ1) is 9.53. The van der Waals surface area contributed by atoms with Crippen LogP contribution in [-0.2, 0) is 10.0 Å². The molecule has 6 nitrogen and oxygen atoms in total. The molecule has 0 unspecified atom stereocenters. The summed E-state index contributed by atoms with van der Waals surface area (Å²) in [6.07, 6.45) is 1.22. The second kappa shape index (κ2) is 5.73. The zero-order valence-electron chi connectivity index (χ0n) is 10.1. The van der Waals surface area contributed by atoms with Crippen molar-refractivity contribution < 1.29 is 17.3 Å². The number of rotatable bonds is 3. The fourth-order valence-corrected chi connectivity index (χ4v) is 2.58. The molecule has 20 heavy (non-hydrogen) atoms. The second-order valence-electron chi connectivity index (χ2n) is 3.64. The molecular weight excluding hydrogens is 285 g/mol. The number of sulfonamides is 1. The number of anilines is 1. The van der Waals surface area contributed by atoms with E-state index in [-0.39, 0.29) is 22.8 Å². The van der Waals surface area contributed by atoms with Crippen LogP contribution in [0.15, 0.2) is 39.9 Å². The zero-order chi connectivity index (χ0) is 14.6. The van der Waals surface area contributed by atoms with Crippen molar-refractivity contribution in [3.8, 4) is 11.8 Å². The average molecular weight is 295 g/mol. The Balaban J connectivity index is 2.45. The number of benzene rings is 1. The summed E-state index contributed by atoms with van der Waals surface area (Å²) in [4.78, 5) is -0.164. The summed E-state index contributed by atoms with van der Waals surface area (Å²) < 4.78 is 44.3. The maximum atomic E-state index is 13.2. The molecule has 0 spiro atoms. The summed E-state index contributed by atoms with van der Waals surface area (Å²) in [5.74, 6) is 4.44. The van der Waals surface area contributed by atoms with Crippen molar-refractivity contribution in [3.63, 3.8) is 0 Å². The van der Waals surface area contributed by atoms with Gasteiger partial charge in [0, 0.05) is 11.6 Å². The average Bonchev–Trinajstić information content (AvgIpc) is 2.88. The summed E-state index contributed by atoms with van der Waals surface area (Å²) in [6, 6.07) is 4.52. The Labute approximate surface area is 114 Å². The number of hydrogen-bond acceptors (Lipinski definition) is 5. The molecule has 8 heteroatoms. The number of hydrogen-bond donors (Lipinski definition) is 2. The van der Waals surface area contributed by atoms with Crippen LogP contribution in [-0.4, -0.2) is 20.1 Å². The van der Waals surface area contributed by atoms with Crippen LogP contribution in [0.3, 0.4) is 0 Å². The van der Waals surface area contributed by atoms with E-state index in [2.05, 4.69) is 26.2 Å². The van der Waals surface area contributed by atoms with Gasteiger partial charge in [-0.1, -0.05) is 17.0 Å². The molecule has 3 N–H and O–H groups in total. The Bertz CT molecular complexity index is 761. The van der Waals surface area contributed by atoms with Gasteiger partial charge in [0.25, 0.3) is 10.0 Å². The van der Waals surface area contributed by atoms with E-state index in [0.29, 0.717) is 0 Å². The molecule has 0 fully saturated rings. The van der Waals surface area contributed by atoms with Gasteiger partial charge in [0.2, 0.25) is 0 Å². The fraction of sp³-hybridized carbons (Fsp3) is 0.0833. The third-order valence-electron chi connectivity index (χ3n) is 2.23. The molecule has 0 atom stereocenters. The van der Waals surface area contributed by atoms with Gasteiger partial charge in [-0.15, -0.1) is 0 Å². The molecule has 1 aromatic carbocycles. The van der Waals surface area contributed by atoms with Crippen molar-refractivity contribution in [1.82, 2.24) is 5.16 Å². The number of nitrogens with zero attached hydrogens (tertiary/aromatic N) is 1. The minimum absolute atomic E-state index is 0.0199. The summed E-state index contributed by atoms with van der Waals surface area (Å²) in [6.45, 7) is 0.0344. The van der Waals surface area contributed by atoms with Crippen LogP contribution in [0.25, 0.3) is 0 Å². The first kappa shape index (κ1) is 14.0. The van der Waals surface area contributed by atoms with Crippen LogP contribution in [0.2, 0.25) is 0 Å². The SMILES string of the molecule is NCC#Cc1cc(F)ccc1S(=O)(=O)Nc1ccon1. The number of nitrogens with one attached hydrogen (secondary N) is 1. The van der Waals surface area contributed by atoms with Gasteiger partial charge in [-0.3, -0.25) is 4.72 Å². The second-order valence-corrected chi connectivity index (χ2v) is 5.29. The molecule has 1 aromatic heterocycles. The van der Waals surface area contributed by atoms with Gasteiger partial charge < -0.3 is 10.3 Å². The van der Waals surface area contributed by atoms with Gasteiger partial charge >= 0.3 is 0 Å². The normalized spacial score (nSPS) is 10.7. The van der Waals surface area contributed by atoms with E-state index in [1.807, 2.05) is 0 Å². The first-order valence-corrected chi connectivity index (χ1v) is 6.93. The predicted molar refractivity (Wildman–Crippen MR) is 69.6 cm³/mol. The highest BCUT2D eigenvalue weighted by Gasteiger charge is 2.19. The molecule has 0 bridgehead atoms. The standard InChI is InChI=1S/C12H10FN3O3S/c13-10-3-4-11(9(8-10)2-1-6-14)20(17,18)16-12-5-7-19-15-12/h3-5,7-8H,6,14H2,(H,15,16). The number of halogens is 1. The molecule has 0 aliphatic rings. The Morgan fingerprint density at radius 3 is 2.85 bits per heavy atom. The summed E-state index contributed by atoms with van der Waals surface area (Å²) >= 11 is 0. The maximum Gasteiger partial charge on any atom is 0.264 e. The largest absolute Gasteiger partial charge is 0.363 e. The molecule has 0 aliphatic carbocycles. The summed E-state index contributed by atoms with van der Waals surface area (Å²) in [5.41, 5.74) is 5.25. The Morgan fingerprint density at radius 2 is 2.20 bits per heavy atom. The third-order valence-corrected chi connectivity index (χ3v) is 3.65. The lowest BCUT2D eigenvalue weighted by molar-refractivity contribution is 0.423. The smallest absolute Gasteiger partial charge is 0.264 e. The molecule has 2 aromatic rings. The molecule has 0 saturated heterocycles. The van der Waals surface area contributed by atoms with Gasteiger partial charge in [-0.25, -0.2) is 12.8 Å². The minimum atomic E-state index is -3.94. The van der Waals surface area contributed by atoms with E-state index >= 15 is 0 Å². The monoisotopic (exact) mass is 295 g/mol. The van der Waals surface area contributed by atoms with Crippen molar-refractivity contribution >= 4 is 15.8 Å². The molecular formula is C12H10FN3O3S. The van der Waals surface area contributed by atoms with E-state index in [9.17, 15) is 12.8 Å². The van der Waals surface area contributed by atoms with Crippen LogP contribution in [0, 0.1) is 17.7 Å².